The van der Waals surface area contributed by atoms with Crippen LogP contribution in [-0.4, -0.2) is 29.1 Å². The SMILES string of the molecule is CCCCOc1cc(=NC(=O)OCC(C)C)cnn1-c1ccccc1. The molecule has 0 atom stereocenters. The zero-order valence-electron chi connectivity index (χ0n) is 15.0. The first-order valence-electron chi connectivity index (χ1n) is 8.59. The molecule has 0 radical (unpaired) electrons. The van der Waals surface area contributed by atoms with Crippen molar-refractivity contribution in [3.63, 3.8) is 0 Å². The van der Waals surface area contributed by atoms with E-state index in [4.69, 9.17) is 9.47 Å². The smallest absolute Gasteiger partial charge is 0.434 e. The molecule has 0 N–H and O–H groups in total. The molecule has 25 heavy (non-hydrogen) atoms. The average Bonchev–Trinajstić information content (AvgIpc) is 2.61. The number of unbranched alkanes of at least 4 members (excludes halogenated alkanes) is 1. The topological polar surface area (TPSA) is 65.7 Å². The fraction of sp³-hybridized carbons (Fsp3) is 0.421. The van der Waals surface area contributed by atoms with Crippen LogP contribution in [0, 0.1) is 5.92 Å². The second kappa shape index (κ2) is 9.61. The molecule has 1 amide bonds. The fourth-order valence-electron chi connectivity index (χ4n) is 2.02. The van der Waals surface area contributed by atoms with Crippen LogP contribution in [0.4, 0.5) is 4.79 Å². The van der Waals surface area contributed by atoms with Crippen molar-refractivity contribution in [1.29, 1.82) is 0 Å². The van der Waals surface area contributed by atoms with E-state index in [0.29, 0.717) is 24.5 Å². The predicted octanol–water partition coefficient (Wildman–Crippen LogP) is 3.74. The van der Waals surface area contributed by atoms with Crippen LogP contribution in [0.1, 0.15) is 33.6 Å². The van der Waals surface area contributed by atoms with E-state index in [1.165, 1.54) is 6.20 Å². The van der Waals surface area contributed by atoms with Crippen molar-refractivity contribution >= 4 is 6.09 Å². The molecule has 134 valence electrons. The first-order valence-corrected chi connectivity index (χ1v) is 8.59. The number of para-hydroxylation sites is 1. The van der Waals surface area contributed by atoms with E-state index in [9.17, 15) is 4.79 Å². The molecular formula is C19H25N3O3. The predicted molar refractivity (Wildman–Crippen MR) is 95.7 cm³/mol. The molecule has 6 nitrogen and oxygen atoms in total. The van der Waals surface area contributed by atoms with E-state index in [1.807, 2.05) is 44.2 Å². The first kappa shape index (κ1) is 18.7. The van der Waals surface area contributed by atoms with Crippen molar-refractivity contribution in [2.75, 3.05) is 13.2 Å². The molecular weight excluding hydrogens is 318 g/mol. The van der Waals surface area contributed by atoms with Crippen LogP contribution in [-0.2, 0) is 4.74 Å². The zero-order chi connectivity index (χ0) is 18.1. The summed E-state index contributed by atoms with van der Waals surface area (Å²) in [5, 5.41) is 4.78. The molecule has 2 rings (SSSR count). The monoisotopic (exact) mass is 343 g/mol. The lowest BCUT2D eigenvalue weighted by Gasteiger charge is -2.13. The molecule has 0 saturated carbocycles. The molecule has 0 fully saturated rings. The van der Waals surface area contributed by atoms with Crippen LogP contribution in [0.25, 0.3) is 5.69 Å². The van der Waals surface area contributed by atoms with Gasteiger partial charge in [0, 0.05) is 6.07 Å². The Morgan fingerprint density at radius 1 is 1.28 bits per heavy atom. The van der Waals surface area contributed by atoms with Gasteiger partial charge < -0.3 is 9.47 Å². The van der Waals surface area contributed by atoms with Crippen LogP contribution in [0.3, 0.4) is 0 Å². The molecule has 0 bridgehead atoms. The highest BCUT2D eigenvalue weighted by atomic mass is 16.5. The molecule has 0 aliphatic heterocycles. The van der Waals surface area contributed by atoms with Gasteiger partial charge in [-0.25, -0.2) is 9.48 Å². The van der Waals surface area contributed by atoms with E-state index in [0.717, 1.165) is 18.5 Å². The Morgan fingerprint density at radius 3 is 2.72 bits per heavy atom. The van der Waals surface area contributed by atoms with Crippen LogP contribution in [0.15, 0.2) is 47.6 Å². The molecule has 1 heterocycles. The second-order valence-corrected chi connectivity index (χ2v) is 6.08. The van der Waals surface area contributed by atoms with E-state index < -0.39 is 6.09 Å². The van der Waals surface area contributed by atoms with E-state index in [-0.39, 0.29) is 5.92 Å². The lowest BCUT2D eigenvalue weighted by Crippen LogP contribution is -2.16. The second-order valence-electron chi connectivity index (χ2n) is 6.08. The summed E-state index contributed by atoms with van der Waals surface area (Å²) < 4.78 is 12.6. The van der Waals surface area contributed by atoms with Crippen molar-refractivity contribution < 1.29 is 14.3 Å². The summed E-state index contributed by atoms with van der Waals surface area (Å²) >= 11 is 0. The third kappa shape index (κ3) is 6.06. The molecule has 1 aromatic carbocycles. The van der Waals surface area contributed by atoms with Gasteiger partial charge in [-0.05, 0) is 24.5 Å². The fourth-order valence-corrected chi connectivity index (χ4v) is 2.02. The van der Waals surface area contributed by atoms with Gasteiger partial charge in [-0.1, -0.05) is 45.4 Å². The highest BCUT2D eigenvalue weighted by Gasteiger charge is 2.07. The van der Waals surface area contributed by atoms with Gasteiger partial charge in [-0.15, -0.1) is 0 Å². The highest BCUT2D eigenvalue weighted by Crippen LogP contribution is 2.14. The van der Waals surface area contributed by atoms with Gasteiger partial charge in [0.25, 0.3) is 0 Å². The standard InChI is InChI=1S/C19H25N3O3/c1-4-5-11-24-18-12-16(21-19(23)25-14-15(2)3)13-20-22(18)17-9-7-6-8-10-17/h6-10,12-13,15H,4-5,11,14H2,1-3H3. The largest absolute Gasteiger partial charge is 0.478 e. The number of amides is 1. The van der Waals surface area contributed by atoms with Gasteiger partial charge >= 0.3 is 6.09 Å². The summed E-state index contributed by atoms with van der Waals surface area (Å²) in [7, 11) is 0. The third-order valence-corrected chi connectivity index (χ3v) is 3.29. The number of hydrogen-bond donors (Lipinski definition) is 0. The van der Waals surface area contributed by atoms with Crippen molar-refractivity contribution in [2.24, 2.45) is 10.9 Å². The quantitative estimate of drug-likeness (QED) is 0.718. The summed E-state index contributed by atoms with van der Waals surface area (Å²) in [6, 6.07) is 11.4. The Hall–Kier alpha value is -2.63. The molecule has 0 spiro atoms. The van der Waals surface area contributed by atoms with Gasteiger partial charge in [0.05, 0.1) is 30.5 Å². The van der Waals surface area contributed by atoms with Gasteiger partial charge in [0.15, 0.2) is 0 Å². The molecule has 0 aliphatic rings. The Labute approximate surface area is 148 Å². The molecule has 2 aromatic rings. The minimum absolute atomic E-state index is 0.265. The van der Waals surface area contributed by atoms with Crippen molar-refractivity contribution in [3.8, 4) is 11.6 Å². The Morgan fingerprint density at radius 2 is 2.04 bits per heavy atom. The Kier molecular flexibility index (Phi) is 7.19. The summed E-state index contributed by atoms with van der Waals surface area (Å²) in [4.78, 5) is 15.7. The number of rotatable bonds is 7. The number of nitrogens with zero attached hydrogens (tertiary/aromatic N) is 3. The molecule has 0 unspecified atom stereocenters. The molecule has 0 aliphatic carbocycles. The Bertz CT molecular complexity index is 739. The number of aromatic nitrogens is 2. The minimum Gasteiger partial charge on any atom is -0.478 e. The van der Waals surface area contributed by atoms with E-state index >= 15 is 0 Å². The number of ether oxygens (including phenoxy) is 2. The van der Waals surface area contributed by atoms with Crippen LogP contribution >= 0.6 is 0 Å². The summed E-state index contributed by atoms with van der Waals surface area (Å²) in [5.74, 6) is 0.804. The third-order valence-electron chi connectivity index (χ3n) is 3.29. The zero-order valence-corrected chi connectivity index (χ0v) is 15.0. The maximum absolute atomic E-state index is 11.8. The van der Waals surface area contributed by atoms with Crippen molar-refractivity contribution in [2.45, 2.75) is 33.6 Å². The highest BCUT2D eigenvalue weighted by molar-refractivity contribution is 5.68. The van der Waals surface area contributed by atoms with E-state index in [2.05, 4.69) is 17.0 Å². The lowest BCUT2D eigenvalue weighted by atomic mass is 10.2. The minimum atomic E-state index is -0.618. The maximum Gasteiger partial charge on any atom is 0.434 e. The summed E-state index contributed by atoms with van der Waals surface area (Å²) in [6.07, 6.45) is 2.88. The number of carbonyl (C=O) groups excluding carboxylic acids is 1. The molecule has 0 saturated heterocycles. The van der Waals surface area contributed by atoms with Crippen LogP contribution in [0.2, 0.25) is 0 Å². The van der Waals surface area contributed by atoms with Gasteiger partial charge in [-0.2, -0.15) is 10.1 Å². The maximum atomic E-state index is 11.8. The van der Waals surface area contributed by atoms with Crippen LogP contribution < -0.4 is 10.1 Å². The van der Waals surface area contributed by atoms with Gasteiger partial charge in [0.2, 0.25) is 5.88 Å². The Balaban J connectivity index is 2.28. The number of benzene rings is 1. The van der Waals surface area contributed by atoms with Gasteiger partial charge in [0.1, 0.15) is 0 Å². The van der Waals surface area contributed by atoms with Crippen molar-refractivity contribution in [3.05, 3.63) is 48.0 Å². The normalized spacial score (nSPS) is 11.6. The van der Waals surface area contributed by atoms with E-state index in [1.54, 1.807) is 10.7 Å². The first-order chi connectivity index (χ1) is 12.1. The van der Waals surface area contributed by atoms with Crippen LogP contribution in [0.5, 0.6) is 5.88 Å². The molecule has 1 aromatic heterocycles. The number of hydrogen-bond acceptors (Lipinski definition) is 4. The average molecular weight is 343 g/mol. The van der Waals surface area contributed by atoms with Gasteiger partial charge in [-0.3, -0.25) is 0 Å². The summed E-state index contributed by atoms with van der Waals surface area (Å²) in [6.45, 7) is 6.96. The molecule has 6 heteroatoms. The van der Waals surface area contributed by atoms with Crippen molar-refractivity contribution in [1.82, 2.24) is 9.78 Å². The summed E-state index contributed by atoms with van der Waals surface area (Å²) in [5.41, 5.74) is 0.878. The number of carbonyl (C=O) groups is 1. The lowest BCUT2D eigenvalue weighted by molar-refractivity contribution is 0.142.